The summed E-state index contributed by atoms with van der Waals surface area (Å²) >= 11 is 0. The van der Waals surface area contributed by atoms with Gasteiger partial charge >= 0.3 is 5.97 Å². The molecule has 0 rings (SSSR count). The van der Waals surface area contributed by atoms with Crippen LogP contribution < -0.4 is 5.73 Å². The second-order valence-corrected chi connectivity index (χ2v) is 3.37. The monoisotopic (exact) mass is 157 g/mol. The summed E-state index contributed by atoms with van der Waals surface area (Å²) < 4.78 is 0. The zero-order valence-electron chi connectivity index (χ0n) is 7.22. The highest BCUT2D eigenvalue weighted by Gasteiger charge is 2.26. The van der Waals surface area contributed by atoms with E-state index in [-0.39, 0.29) is 11.5 Å². The molecule has 0 saturated heterocycles. The smallest absolute Gasteiger partial charge is 0.331 e. The van der Waals surface area contributed by atoms with Crippen LogP contribution in [0.3, 0.4) is 0 Å². The van der Waals surface area contributed by atoms with Crippen LogP contribution in [0, 0.1) is 5.92 Å². The molecule has 0 radical (unpaired) electrons. The fourth-order valence-electron chi connectivity index (χ4n) is 0.634. The predicted octanol–water partition coefficient (Wildman–Crippen LogP) is 1.00. The maximum absolute atomic E-state index is 10.4. The van der Waals surface area contributed by atoms with Crippen LogP contribution in [0.1, 0.15) is 20.8 Å². The summed E-state index contributed by atoms with van der Waals surface area (Å²) in [6.45, 7) is 8.77. The molecule has 1 unspecified atom stereocenters. The Bertz CT molecular complexity index is 179. The van der Waals surface area contributed by atoms with Gasteiger partial charge in [-0.15, -0.1) is 0 Å². The molecule has 0 amide bonds. The summed E-state index contributed by atoms with van der Waals surface area (Å²) in [5.74, 6) is -1.18. The van der Waals surface area contributed by atoms with Crippen LogP contribution >= 0.6 is 0 Å². The Kier molecular flexibility index (Phi) is 2.82. The first-order valence-electron chi connectivity index (χ1n) is 3.47. The van der Waals surface area contributed by atoms with Crippen molar-refractivity contribution < 1.29 is 9.90 Å². The standard InChI is InChI=1S/C8H15NO2/c1-5(7(10)11)6(2)8(3,4)9/h6H,1,9H2,2-4H3,(H,10,11). The molecule has 0 aromatic carbocycles. The van der Waals surface area contributed by atoms with E-state index in [1.807, 2.05) is 0 Å². The number of carboxylic acids is 1. The zero-order chi connectivity index (χ0) is 9.23. The topological polar surface area (TPSA) is 63.3 Å². The van der Waals surface area contributed by atoms with Gasteiger partial charge in [-0.1, -0.05) is 13.5 Å². The van der Waals surface area contributed by atoms with Gasteiger partial charge in [-0.2, -0.15) is 0 Å². The molecule has 3 heteroatoms. The summed E-state index contributed by atoms with van der Waals surface area (Å²) in [6.07, 6.45) is 0. The molecule has 0 aliphatic rings. The van der Waals surface area contributed by atoms with Crippen molar-refractivity contribution in [3.05, 3.63) is 12.2 Å². The predicted molar refractivity (Wildman–Crippen MR) is 44.2 cm³/mol. The molecule has 0 spiro atoms. The van der Waals surface area contributed by atoms with Crippen LogP contribution in [0.2, 0.25) is 0 Å². The van der Waals surface area contributed by atoms with Gasteiger partial charge in [0, 0.05) is 17.0 Å². The van der Waals surface area contributed by atoms with Crippen molar-refractivity contribution in [2.24, 2.45) is 11.7 Å². The Balaban J connectivity index is 4.38. The summed E-state index contributed by atoms with van der Waals surface area (Å²) in [7, 11) is 0. The number of rotatable bonds is 3. The first-order chi connectivity index (χ1) is 4.76. The molecule has 0 saturated carbocycles. The fourth-order valence-corrected chi connectivity index (χ4v) is 0.634. The number of carboxylic acid groups (broad SMARTS) is 1. The van der Waals surface area contributed by atoms with Crippen molar-refractivity contribution in [3.63, 3.8) is 0 Å². The highest BCUT2D eigenvalue weighted by molar-refractivity contribution is 5.86. The van der Waals surface area contributed by atoms with E-state index < -0.39 is 11.5 Å². The van der Waals surface area contributed by atoms with Crippen LogP contribution in [-0.2, 0) is 4.79 Å². The van der Waals surface area contributed by atoms with E-state index in [0.717, 1.165) is 0 Å². The lowest BCUT2D eigenvalue weighted by Crippen LogP contribution is -2.41. The van der Waals surface area contributed by atoms with E-state index in [1.165, 1.54) is 0 Å². The highest BCUT2D eigenvalue weighted by Crippen LogP contribution is 2.20. The van der Waals surface area contributed by atoms with Gasteiger partial charge in [0.1, 0.15) is 0 Å². The summed E-state index contributed by atoms with van der Waals surface area (Å²) in [4.78, 5) is 10.4. The van der Waals surface area contributed by atoms with Gasteiger partial charge in [-0.25, -0.2) is 4.79 Å². The Morgan fingerprint density at radius 2 is 2.00 bits per heavy atom. The SMILES string of the molecule is C=C(C(=O)O)C(C)C(C)(C)N. The average molecular weight is 157 g/mol. The minimum absolute atomic E-state index is 0.164. The molecule has 0 aliphatic carbocycles. The minimum Gasteiger partial charge on any atom is -0.478 e. The van der Waals surface area contributed by atoms with Crippen molar-refractivity contribution >= 4 is 5.97 Å². The van der Waals surface area contributed by atoms with Crippen molar-refractivity contribution in [1.29, 1.82) is 0 Å². The number of aliphatic carboxylic acids is 1. The second kappa shape index (κ2) is 3.05. The maximum Gasteiger partial charge on any atom is 0.331 e. The van der Waals surface area contributed by atoms with E-state index in [9.17, 15) is 4.79 Å². The fraction of sp³-hybridized carbons (Fsp3) is 0.625. The molecule has 0 bridgehead atoms. The van der Waals surface area contributed by atoms with Crippen molar-refractivity contribution in [3.8, 4) is 0 Å². The first-order valence-corrected chi connectivity index (χ1v) is 3.47. The third-order valence-corrected chi connectivity index (χ3v) is 1.91. The van der Waals surface area contributed by atoms with Crippen molar-refractivity contribution in [2.75, 3.05) is 0 Å². The molecule has 0 aromatic rings. The largest absolute Gasteiger partial charge is 0.478 e. The van der Waals surface area contributed by atoms with Crippen LogP contribution in [0.4, 0.5) is 0 Å². The lowest BCUT2D eigenvalue weighted by Gasteiger charge is -2.26. The number of hydrogen-bond donors (Lipinski definition) is 2. The van der Waals surface area contributed by atoms with Gasteiger partial charge in [-0.05, 0) is 13.8 Å². The average Bonchev–Trinajstić information content (AvgIpc) is 1.82. The van der Waals surface area contributed by atoms with Crippen molar-refractivity contribution in [2.45, 2.75) is 26.3 Å². The van der Waals surface area contributed by atoms with Gasteiger partial charge in [-0.3, -0.25) is 0 Å². The second-order valence-electron chi connectivity index (χ2n) is 3.37. The first kappa shape index (κ1) is 10.2. The minimum atomic E-state index is -0.976. The van der Waals surface area contributed by atoms with E-state index in [2.05, 4.69) is 6.58 Å². The van der Waals surface area contributed by atoms with Crippen molar-refractivity contribution in [1.82, 2.24) is 0 Å². The van der Waals surface area contributed by atoms with Gasteiger partial charge in [0.25, 0.3) is 0 Å². The lowest BCUT2D eigenvalue weighted by molar-refractivity contribution is -0.133. The summed E-state index contributed by atoms with van der Waals surface area (Å²) in [5, 5.41) is 8.56. The van der Waals surface area contributed by atoms with E-state index in [4.69, 9.17) is 10.8 Å². The van der Waals surface area contributed by atoms with Crippen LogP contribution in [0.25, 0.3) is 0 Å². The molecule has 0 aliphatic heterocycles. The normalized spacial score (nSPS) is 14.2. The Morgan fingerprint density at radius 1 is 1.64 bits per heavy atom. The molecule has 3 nitrogen and oxygen atoms in total. The number of hydrogen-bond acceptors (Lipinski definition) is 2. The molecule has 0 fully saturated rings. The lowest BCUT2D eigenvalue weighted by atomic mass is 9.85. The number of carbonyl (C=O) groups is 1. The third kappa shape index (κ3) is 2.72. The molecule has 11 heavy (non-hydrogen) atoms. The molecular formula is C8H15NO2. The summed E-state index contributed by atoms with van der Waals surface area (Å²) in [5.41, 5.74) is 5.34. The quantitative estimate of drug-likeness (QED) is 0.601. The van der Waals surface area contributed by atoms with E-state index >= 15 is 0 Å². The van der Waals surface area contributed by atoms with Gasteiger partial charge in [0.05, 0.1) is 0 Å². The zero-order valence-corrected chi connectivity index (χ0v) is 7.22. The molecular weight excluding hydrogens is 142 g/mol. The van der Waals surface area contributed by atoms with Crippen LogP contribution in [-0.4, -0.2) is 16.6 Å². The Hall–Kier alpha value is -0.830. The summed E-state index contributed by atoms with van der Waals surface area (Å²) in [6, 6.07) is 0. The molecule has 1 atom stereocenters. The molecule has 0 aromatic heterocycles. The highest BCUT2D eigenvalue weighted by atomic mass is 16.4. The maximum atomic E-state index is 10.4. The van der Waals surface area contributed by atoms with E-state index in [0.29, 0.717) is 0 Å². The van der Waals surface area contributed by atoms with Gasteiger partial charge in [0.15, 0.2) is 0 Å². The molecule has 0 heterocycles. The third-order valence-electron chi connectivity index (χ3n) is 1.91. The van der Waals surface area contributed by atoms with Crippen LogP contribution in [0.5, 0.6) is 0 Å². The Morgan fingerprint density at radius 3 is 2.09 bits per heavy atom. The van der Waals surface area contributed by atoms with Crippen LogP contribution in [0.15, 0.2) is 12.2 Å². The Labute approximate surface area is 66.9 Å². The van der Waals surface area contributed by atoms with Gasteiger partial charge < -0.3 is 10.8 Å². The van der Waals surface area contributed by atoms with Gasteiger partial charge in [0.2, 0.25) is 0 Å². The molecule has 3 N–H and O–H groups in total. The molecule has 64 valence electrons. The number of nitrogens with two attached hydrogens (primary N) is 1. The van der Waals surface area contributed by atoms with E-state index in [1.54, 1.807) is 20.8 Å².